The number of para-hydroxylation sites is 1. The van der Waals surface area contributed by atoms with Crippen LogP contribution in [0.25, 0.3) is 10.9 Å². The Morgan fingerprint density at radius 2 is 2.00 bits per heavy atom. The Morgan fingerprint density at radius 3 is 2.76 bits per heavy atom. The van der Waals surface area contributed by atoms with Gasteiger partial charge in [0.05, 0.1) is 25.8 Å². The normalized spacial score (nSPS) is 16.4. The van der Waals surface area contributed by atoms with E-state index in [-0.39, 0.29) is 17.7 Å². The summed E-state index contributed by atoms with van der Waals surface area (Å²) < 4.78 is 13.4. The van der Waals surface area contributed by atoms with Crippen LogP contribution in [0.4, 0.5) is 0 Å². The fraction of sp³-hybridized carbons (Fsp3) is 0.448. The van der Waals surface area contributed by atoms with Crippen LogP contribution in [0.1, 0.15) is 61.7 Å². The smallest absolute Gasteiger partial charge is 0.252 e. The second-order valence-electron chi connectivity index (χ2n) is 9.89. The lowest BCUT2D eigenvalue weighted by molar-refractivity contribution is 0.0887. The summed E-state index contributed by atoms with van der Waals surface area (Å²) in [6.07, 6.45) is 3.90. The lowest BCUT2D eigenvalue weighted by Gasteiger charge is -2.31. The Labute approximate surface area is 222 Å². The van der Waals surface area contributed by atoms with Gasteiger partial charge in [-0.3, -0.25) is 9.69 Å². The summed E-state index contributed by atoms with van der Waals surface area (Å²) in [7, 11) is 1.68. The van der Waals surface area contributed by atoms with Crippen molar-refractivity contribution in [3.05, 3.63) is 81.4 Å². The molecule has 0 amide bonds. The van der Waals surface area contributed by atoms with Gasteiger partial charge in [-0.15, -0.1) is 5.10 Å². The molecule has 0 bridgehead atoms. The highest BCUT2D eigenvalue weighted by atomic mass is 16.5. The first-order valence-corrected chi connectivity index (χ1v) is 13.5. The van der Waals surface area contributed by atoms with E-state index in [0.29, 0.717) is 25.2 Å². The molecule has 2 aromatic heterocycles. The van der Waals surface area contributed by atoms with Crippen molar-refractivity contribution >= 4 is 10.9 Å². The molecule has 9 heteroatoms. The summed E-state index contributed by atoms with van der Waals surface area (Å²) in [4.78, 5) is 18.6. The molecule has 4 aromatic rings. The van der Waals surface area contributed by atoms with Crippen LogP contribution in [-0.4, -0.2) is 49.9 Å². The number of methoxy groups -OCH3 is 1. The number of ether oxygens (including phenoxy) is 2. The van der Waals surface area contributed by atoms with E-state index < -0.39 is 0 Å². The zero-order valence-corrected chi connectivity index (χ0v) is 22.4. The lowest BCUT2D eigenvalue weighted by atomic mass is 10.1. The number of H-pyrrole nitrogens is 1. The van der Waals surface area contributed by atoms with Crippen LogP contribution in [0.5, 0.6) is 5.75 Å². The van der Waals surface area contributed by atoms with E-state index in [0.717, 1.165) is 60.3 Å². The van der Waals surface area contributed by atoms with Crippen molar-refractivity contribution in [2.45, 2.75) is 71.3 Å². The van der Waals surface area contributed by atoms with Gasteiger partial charge in [0.2, 0.25) is 0 Å². The Hall–Kier alpha value is -3.56. The van der Waals surface area contributed by atoms with E-state index in [2.05, 4.69) is 57.5 Å². The van der Waals surface area contributed by atoms with Gasteiger partial charge in [0.15, 0.2) is 5.82 Å². The number of hydrogen-bond acceptors (Lipinski definition) is 7. The first kappa shape index (κ1) is 26.1. The van der Waals surface area contributed by atoms with Gasteiger partial charge in [-0.05, 0) is 71.3 Å². The maximum Gasteiger partial charge on any atom is 0.252 e. The van der Waals surface area contributed by atoms with Crippen molar-refractivity contribution in [1.82, 2.24) is 30.1 Å². The number of nitrogens with one attached hydrogen (secondary N) is 1. The van der Waals surface area contributed by atoms with E-state index in [9.17, 15) is 4.79 Å². The maximum absolute atomic E-state index is 13.2. The van der Waals surface area contributed by atoms with Crippen molar-refractivity contribution in [1.29, 1.82) is 0 Å². The zero-order chi connectivity index (χ0) is 26.5. The maximum atomic E-state index is 13.2. The first-order valence-electron chi connectivity index (χ1n) is 13.5. The summed E-state index contributed by atoms with van der Waals surface area (Å²) in [5.41, 5.74) is 3.75. The molecule has 0 saturated carbocycles. The Bertz CT molecular complexity index is 1430. The number of aromatic nitrogens is 5. The molecule has 2 aromatic carbocycles. The van der Waals surface area contributed by atoms with Gasteiger partial charge in [0.25, 0.3) is 5.56 Å². The minimum atomic E-state index is -0.117. The van der Waals surface area contributed by atoms with Crippen molar-refractivity contribution in [3.63, 3.8) is 0 Å². The van der Waals surface area contributed by atoms with Crippen LogP contribution in [0, 0.1) is 0 Å². The number of benzene rings is 2. The van der Waals surface area contributed by atoms with Crippen LogP contribution in [-0.2, 0) is 30.8 Å². The fourth-order valence-corrected chi connectivity index (χ4v) is 5.35. The van der Waals surface area contributed by atoms with Gasteiger partial charge in [-0.25, -0.2) is 4.68 Å². The second kappa shape index (κ2) is 11.9. The molecule has 2 atom stereocenters. The van der Waals surface area contributed by atoms with E-state index in [1.807, 2.05) is 35.0 Å². The van der Waals surface area contributed by atoms with Gasteiger partial charge in [-0.1, -0.05) is 38.1 Å². The number of aryl methyl sites for hydroxylation is 1. The monoisotopic (exact) mass is 516 g/mol. The number of rotatable bonds is 11. The van der Waals surface area contributed by atoms with Crippen molar-refractivity contribution in [2.24, 2.45) is 0 Å². The van der Waals surface area contributed by atoms with Crippen LogP contribution in [0.3, 0.4) is 0 Å². The summed E-state index contributed by atoms with van der Waals surface area (Å²) in [6.45, 7) is 6.67. The van der Waals surface area contributed by atoms with Crippen LogP contribution in [0.2, 0.25) is 0 Å². The first-order chi connectivity index (χ1) is 18.6. The number of nitrogens with zero attached hydrogens (tertiary/aromatic N) is 5. The highest BCUT2D eigenvalue weighted by molar-refractivity contribution is 5.79. The Kier molecular flexibility index (Phi) is 8.14. The molecule has 1 saturated heterocycles. The molecule has 38 heavy (non-hydrogen) atoms. The van der Waals surface area contributed by atoms with Crippen LogP contribution >= 0.6 is 0 Å². The molecule has 1 fully saturated rings. The average Bonchev–Trinajstić information content (AvgIpc) is 3.62. The third-order valence-electron chi connectivity index (χ3n) is 7.42. The molecule has 5 rings (SSSR count). The zero-order valence-electron chi connectivity index (χ0n) is 22.4. The number of hydrogen-bond donors (Lipinski definition) is 1. The van der Waals surface area contributed by atoms with E-state index >= 15 is 0 Å². The molecular weight excluding hydrogens is 480 g/mol. The minimum absolute atomic E-state index is 0.0828. The Balaban J connectivity index is 1.53. The van der Waals surface area contributed by atoms with Crippen molar-refractivity contribution in [3.8, 4) is 5.75 Å². The molecule has 1 N–H and O–H groups in total. The molecule has 0 unspecified atom stereocenters. The topological polar surface area (TPSA) is 98.2 Å². The van der Waals surface area contributed by atoms with Crippen molar-refractivity contribution < 1.29 is 9.47 Å². The summed E-state index contributed by atoms with van der Waals surface area (Å²) in [5, 5.41) is 13.8. The summed E-state index contributed by atoms with van der Waals surface area (Å²) in [6, 6.07) is 16.1. The molecule has 1 aliphatic heterocycles. The molecule has 9 nitrogen and oxygen atoms in total. The molecule has 3 heterocycles. The van der Waals surface area contributed by atoms with Gasteiger partial charge in [-0.2, -0.15) is 0 Å². The highest BCUT2D eigenvalue weighted by Gasteiger charge is 2.28. The van der Waals surface area contributed by atoms with E-state index in [1.54, 1.807) is 7.11 Å². The highest BCUT2D eigenvalue weighted by Crippen LogP contribution is 2.30. The largest absolute Gasteiger partial charge is 0.496 e. The molecule has 1 aliphatic rings. The molecule has 0 radical (unpaired) electrons. The number of pyridine rings is 1. The van der Waals surface area contributed by atoms with E-state index in [1.165, 1.54) is 5.56 Å². The predicted molar refractivity (Wildman–Crippen MR) is 146 cm³/mol. The summed E-state index contributed by atoms with van der Waals surface area (Å²) >= 11 is 0. The Morgan fingerprint density at radius 1 is 1.16 bits per heavy atom. The minimum Gasteiger partial charge on any atom is -0.496 e. The van der Waals surface area contributed by atoms with Gasteiger partial charge >= 0.3 is 0 Å². The lowest BCUT2D eigenvalue weighted by Crippen LogP contribution is -2.33. The molecule has 0 aliphatic carbocycles. The van der Waals surface area contributed by atoms with Crippen LogP contribution < -0.4 is 10.3 Å². The van der Waals surface area contributed by atoms with Gasteiger partial charge < -0.3 is 14.5 Å². The fourth-order valence-electron chi connectivity index (χ4n) is 5.35. The van der Waals surface area contributed by atoms with Crippen molar-refractivity contribution in [2.75, 3.05) is 13.7 Å². The second-order valence-corrected chi connectivity index (χ2v) is 9.89. The summed E-state index contributed by atoms with van der Waals surface area (Å²) in [5.74, 6) is 1.59. The molecular formula is C29H36N6O3. The third kappa shape index (κ3) is 5.63. The predicted octanol–water partition coefficient (Wildman–Crippen LogP) is 4.42. The number of aromatic amines is 1. The van der Waals surface area contributed by atoms with Gasteiger partial charge in [0.1, 0.15) is 5.75 Å². The standard InChI is InChI=1S/C29H36N6O3/c1-4-20-12-13-25-22(15-20)16-23(29(36)30-25)18-34(17-21-9-6-7-11-27(21)37-3)26(5-2)28-31-32-33-35(28)19-24-10-8-14-38-24/h6-7,9,11-13,15-16,24,26H,4-5,8,10,14,17-19H2,1-3H3,(H,30,36)/t24-,26-/m1/s1. The van der Waals surface area contributed by atoms with Gasteiger partial charge in [0, 0.05) is 36.3 Å². The van der Waals surface area contributed by atoms with Crippen LogP contribution in [0.15, 0.2) is 53.3 Å². The number of fused-ring (bicyclic) bond motifs is 1. The number of tetrazole rings is 1. The molecule has 0 spiro atoms. The average molecular weight is 517 g/mol. The quantitative estimate of drug-likeness (QED) is 0.315. The van der Waals surface area contributed by atoms with E-state index in [4.69, 9.17) is 9.47 Å². The molecule has 200 valence electrons. The SMILES string of the molecule is CCc1ccc2[nH]c(=O)c(CN(Cc3ccccc3OC)[C@H](CC)c3nnnn3C[C@H]3CCCO3)cc2c1. The third-order valence-corrected chi connectivity index (χ3v) is 7.42.